The van der Waals surface area contributed by atoms with Gasteiger partial charge in [-0.1, -0.05) is 25.7 Å². The van der Waals surface area contributed by atoms with Crippen LogP contribution in [0.3, 0.4) is 0 Å². The second-order valence-electron chi connectivity index (χ2n) is 8.45. The van der Waals surface area contributed by atoms with Crippen molar-refractivity contribution in [3.8, 4) is 17.4 Å². The predicted octanol–water partition coefficient (Wildman–Crippen LogP) is 3.74. The second-order valence-corrected chi connectivity index (χ2v) is 8.45. The number of nitrogens with one attached hydrogen (secondary N) is 2. The molecule has 0 unspecified atom stereocenters. The summed E-state index contributed by atoms with van der Waals surface area (Å²) in [5.74, 6) is 0.924. The molecule has 1 fully saturated rings. The Hall–Kier alpha value is -3.69. The number of hydrogen-bond donors (Lipinski definition) is 2. The van der Waals surface area contributed by atoms with Crippen LogP contribution in [0.5, 0.6) is 6.01 Å². The maximum Gasteiger partial charge on any atom is 0.316 e. The van der Waals surface area contributed by atoms with Crippen LogP contribution in [0.25, 0.3) is 22.3 Å². The lowest BCUT2D eigenvalue weighted by Gasteiger charge is -2.05. The number of rotatable bonds is 7. The molecule has 9 nitrogen and oxygen atoms in total. The Kier molecular flexibility index (Phi) is 5.81. The summed E-state index contributed by atoms with van der Waals surface area (Å²) in [4.78, 5) is 29.2. The van der Waals surface area contributed by atoms with E-state index in [1.807, 2.05) is 42.8 Å². The number of carbonyl (C=O) groups excluding carboxylic acids is 1. The van der Waals surface area contributed by atoms with Gasteiger partial charge in [-0.15, -0.1) is 0 Å². The minimum atomic E-state index is -0.207. The van der Waals surface area contributed by atoms with E-state index in [2.05, 4.69) is 30.4 Å². The van der Waals surface area contributed by atoms with Crippen LogP contribution in [0, 0.1) is 6.92 Å². The highest BCUT2D eigenvalue weighted by Crippen LogP contribution is 2.29. The SMILES string of the molecule is CCOc1nccc(-c2cc3cnc(NC(=O)c4cn(BC5CCCC5)nc4C)cc3[nH]2)n1. The molecule has 4 heterocycles. The molecule has 0 aliphatic heterocycles. The van der Waals surface area contributed by atoms with Gasteiger partial charge in [-0.25, -0.2) is 9.97 Å². The van der Waals surface area contributed by atoms with Crippen molar-refractivity contribution >= 4 is 30.0 Å². The first-order chi connectivity index (χ1) is 16.1. The third-order valence-corrected chi connectivity index (χ3v) is 6.04. The molecule has 168 valence electrons. The van der Waals surface area contributed by atoms with Gasteiger partial charge in [0.2, 0.25) is 0 Å². The number of anilines is 1. The van der Waals surface area contributed by atoms with Crippen molar-refractivity contribution in [2.75, 3.05) is 11.9 Å². The quantitative estimate of drug-likeness (QED) is 0.421. The summed E-state index contributed by atoms with van der Waals surface area (Å²) in [7, 11) is 0.873. The molecule has 4 aromatic rings. The molecule has 0 aromatic carbocycles. The van der Waals surface area contributed by atoms with Gasteiger partial charge in [0.1, 0.15) is 5.82 Å². The zero-order valence-corrected chi connectivity index (χ0v) is 18.8. The van der Waals surface area contributed by atoms with Crippen LogP contribution in [0.15, 0.2) is 36.8 Å². The summed E-state index contributed by atoms with van der Waals surface area (Å²) in [6.45, 7) is 4.26. The lowest BCUT2D eigenvalue weighted by atomic mass is 9.74. The molecule has 0 saturated heterocycles. The van der Waals surface area contributed by atoms with Gasteiger partial charge in [-0.3, -0.25) is 4.79 Å². The highest BCUT2D eigenvalue weighted by atomic mass is 16.5. The average Bonchev–Trinajstić information content (AvgIpc) is 3.54. The summed E-state index contributed by atoms with van der Waals surface area (Å²) in [5.41, 5.74) is 3.69. The maximum atomic E-state index is 12.9. The molecular formula is C23H26BN7O2. The number of hydrogen-bond acceptors (Lipinski definition) is 6. The Balaban J connectivity index is 1.33. The molecule has 0 atom stereocenters. The van der Waals surface area contributed by atoms with Crippen molar-refractivity contribution in [1.82, 2.24) is 29.6 Å². The molecule has 1 saturated carbocycles. The zero-order chi connectivity index (χ0) is 22.8. The standard InChI is InChI=1S/C23H26BN7O2/c1-3-33-23-25-9-8-18(28-23)20-10-15-12-26-21(11-19(15)27-20)29-22(32)17-13-31(30-14(17)2)24-16-6-4-5-7-16/h8-13,16,24,27H,3-7H2,1-2H3,(H,26,29,32). The lowest BCUT2D eigenvalue weighted by Crippen LogP contribution is -2.14. The van der Waals surface area contributed by atoms with Gasteiger partial charge < -0.3 is 19.6 Å². The number of H-pyrrole nitrogens is 1. The summed E-state index contributed by atoms with van der Waals surface area (Å²) in [5, 5.41) is 8.37. The van der Waals surface area contributed by atoms with Crippen LogP contribution in [0.4, 0.5) is 5.82 Å². The van der Waals surface area contributed by atoms with Gasteiger partial charge in [0, 0.05) is 30.0 Å². The van der Waals surface area contributed by atoms with Gasteiger partial charge >= 0.3 is 6.01 Å². The molecule has 1 aliphatic carbocycles. The number of amides is 1. The van der Waals surface area contributed by atoms with Gasteiger partial charge in [0.15, 0.2) is 0 Å². The molecule has 4 aromatic heterocycles. The molecule has 0 bridgehead atoms. The van der Waals surface area contributed by atoms with Crippen LogP contribution < -0.4 is 10.1 Å². The van der Waals surface area contributed by atoms with E-state index in [-0.39, 0.29) is 5.91 Å². The molecule has 33 heavy (non-hydrogen) atoms. The van der Waals surface area contributed by atoms with Gasteiger partial charge in [0.05, 0.1) is 34.8 Å². The Labute approximate surface area is 192 Å². The van der Waals surface area contributed by atoms with Crippen LogP contribution in [0.1, 0.15) is 48.7 Å². The van der Waals surface area contributed by atoms with Crippen molar-refractivity contribution in [3.63, 3.8) is 0 Å². The highest BCUT2D eigenvalue weighted by molar-refractivity contribution is 6.35. The fourth-order valence-electron chi connectivity index (χ4n) is 4.40. The topological polar surface area (TPSA) is 111 Å². The number of nitrogens with zero attached hydrogens (tertiary/aromatic N) is 5. The molecule has 2 N–H and O–H groups in total. The van der Waals surface area contributed by atoms with E-state index >= 15 is 0 Å². The Morgan fingerprint density at radius 2 is 2.15 bits per heavy atom. The number of fused-ring (bicyclic) bond motifs is 1. The largest absolute Gasteiger partial charge is 0.464 e. The highest BCUT2D eigenvalue weighted by Gasteiger charge is 2.20. The van der Waals surface area contributed by atoms with Crippen molar-refractivity contribution in [1.29, 1.82) is 0 Å². The summed E-state index contributed by atoms with van der Waals surface area (Å²) in [6.07, 6.45) is 10.3. The third-order valence-electron chi connectivity index (χ3n) is 6.04. The minimum absolute atomic E-state index is 0.207. The van der Waals surface area contributed by atoms with Gasteiger partial charge in [-0.2, -0.15) is 10.1 Å². The summed E-state index contributed by atoms with van der Waals surface area (Å²) in [6, 6.07) is 5.93. The van der Waals surface area contributed by atoms with Crippen molar-refractivity contribution in [2.45, 2.75) is 45.3 Å². The molecular weight excluding hydrogens is 417 g/mol. The van der Waals surface area contributed by atoms with Gasteiger partial charge in [0.25, 0.3) is 13.3 Å². The van der Waals surface area contributed by atoms with Crippen LogP contribution in [0.2, 0.25) is 5.82 Å². The number of pyridine rings is 1. The Bertz CT molecular complexity index is 1290. The number of aryl methyl sites for hydroxylation is 1. The molecule has 1 aliphatic rings. The van der Waals surface area contributed by atoms with Crippen LogP contribution in [-0.4, -0.2) is 49.6 Å². The van der Waals surface area contributed by atoms with Gasteiger partial charge in [-0.05, 0) is 31.8 Å². The van der Waals surface area contributed by atoms with E-state index < -0.39 is 0 Å². The van der Waals surface area contributed by atoms with E-state index in [9.17, 15) is 4.79 Å². The third kappa shape index (κ3) is 4.60. The molecule has 0 spiro atoms. The first kappa shape index (κ1) is 21.2. The van der Waals surface area contributed by atoms with E-state index in [1.165, 1.54) is 25.7 Å². The predicted molar refractivity (Wildman–Crippen MR) is 128 cm³/mol. The Morgan fingerprint density at radius 1 is 1.30 bits per heavy atom. The molecule has 10 heteroatoms. The van der Waals surface area contributed by atoms with E-state index in [4.69, 9.17) is 4.74 Å². The Morgan fingerprint density at radius 3 is 2.97 bits per heavy atom. The smallest absolute Gasteiger partial charge is 0.316 e. The normalized spacial score (nSPS) is 14.0. The number of aromatic nitrogens is 6. The van der Waals surface area contributed by atoms with E-state index in [0.29, 0.717) is 29.8 Å². The first-order valence-corrected chi connectivity index (χ1v) is 11.4. The monoisotopic (exact) mass is 443 g/mol. The second kappa shape index (κ2) is 9.05. The summed E-state index contributed by atoms with van der Waals surface area (Å²) < 4.78 is 7.30. The number of aromatic amines is 1. The van der Waals surface area contributed by atoms with Crippen LogP contribution >= 0.6 is 0 Å². The zero-order valence-electron chi connectivity index (χ0n) is 18.8. The van der Waals surface area contributed by atoms with Crippen molar-refractivity contribution in [3.05, 3.63) is 48.0 Å². The fourth-order valence-corrected chi connectivity index (χ4v) is 4.40. The minimum Gasteiger partial charge on any atom is -0.464 e. The molecule has 5 rings (SSSR count). The van der Waals surface area contributed by atoms with E-state index in [0.717, 1.165) is 35.4 Å². The van der Waals surface area contributed by atoms with Crippen LogP contribution in [-0.2, 0) is 0 Å². The fraction of sp³-hybridized carbons (Fsp3) is 0.348. The first-order valence-electron chi connectivity index (χ1n) is 11.4. The maximum absolute atomic E-state index is 12.9. The van der Waals surface area contributed by atoms with Crippen molar-refractivity contribution < 1.29 is 9.53 Å². The summed E-state index contributed by atoms with van der Waals surface area (Å²) >= 11 is 0. The lowest BCUT2D eigenvalue weighted by molar-refractivity contribution is 0.102. The number of ether oxygens (including phenoxy) is 1. The molecule has 0 radical (unpaired) electrons. The number of carbonyl (C=O) groups is 1. The molecule has 1 amide bonds. The van der Waals surface area contributed by atoms with E-state index in [1.54, 1.807) is 12.4 Å². The van der Waals surface area contributed by atoms with Crippen molar-refractivity contribution in [2.24, 2.45) is 0 Å². The average molecular weight is 443 g/mol.